The molecular weight excluding hydrogens is 1240 g/mol. The average Bonchev–Trinajstić information content (AvgIpc) is 0.802. The zero-order valence-electron chi connectivity index (χ0n) is 56.6. The molecule has 21 rings (SSSR count). The van der Waals surface area contributed by atoms with Crippen molar-refractivity contribution in [1.82, 2.24) is 0 Å². The molecule has 21 aromatic rings. The number of hydrogen-bond acceptors (Lipinski definition) is 3. The largest absolute Gasteiger partial charge is 0.455 e. The van der Waals surface area contributed by atoms with Gasteiger partial charge in [-0.05, 0) is 172 Å². The highest BCUT2D eigenvalue weighted by atomic mass is 16.3. The van der Waals surface area contributed by atoms with E-state index in [2.05, 4.69) is 330 Å². The molecule has 0 spiro atoms. The van der Waals surface area contributed by atoms with Crippen LogP contribution in [-0.4, -0.2) is 0 Å². The quantitative estimate of drug-likeness (QED) is 0.156. The number of para-hydroxylation sites is 6. The van der Waals surface area contributed by atoms with E-state index < -0.39 is 0 Å². The predicted molar refractivity (Wildman–Crippen MR) is 433 cm³/mol. The first-order valence-electron chi connectivity index (χ1n) is 35.1. The van der Waals surface area contributed by atoms with Crippen LogP contribution in [0.15, 0.2) is 359 Å². The second-order valence-corrected chi connectivity index (χ2v) is 27.2. The monoisotopic (exact) mass is 1300 g/mol. The van der Waals surface area contributed by atoms with E-state index in [1.165, 1.54) is 115 Å². The highest BCUT2D eigenvalue weighted by Gasteiger charge is 2.19. The number of hydrogen-bond donors (Lipinski definition) is 0. The maximum atomic E-state index is 6.27. The van der Waals surface area contributed by atoms with Gasteiger partial charge in [-0.2, -0.15) is 0 Å². The van der Waals surface area contributed by atoms with E-state index in [4.69, 9.17) is 13.3 Å². The van der Waals surface area contributed by atoms with Crippen LogP contribution in [0.1, 0.15) is 16.7 Å². The van der Waals surface area contributed by atoms with E-state index >= 15 is 0 Å². The van der Waals surface area contributed by atoms with E-state index in [0.29, 0.717) is 0 Å². The van der Waals surface area contributed by atoms with Gasteiger partial charge in [0.2, 0.25) is 0 Å². The van der Waals surface area contributed by atoms with Gasteiger partial charge < -0.3 is 13.3 Å². The Balaban J connectivity index is 0.000000106. The number of benzene rings is 18. The van der Waals surface area contributed by atoms with E-state index in [9.17, 15) is 0 Å². The van der Waals surface area contributed by atoms with Gasteiger partial charge >= 0.3 is 0 Å². The fraction of sp³-hybridized carbons (Fsp3) is 0.0303. The summed E-state index contributed by atoms with van der Waals surface area (Å²) in [5, 5.41) is 22.5. The molecule has 0 aliphatic rings. The predicted octanol–water partition coefficient (Wildman–Crippen LogP) is 28.6. The van der Waals surface area contributed by atoms with Crippen molar-refractivity contribution >= 4 is 130 Å². The summed E-state index contributed by atoms with van der Waals surface area (Å²) in [6, 6.07) is 124. The topological polar surface area (TPSA) is 39.4 Å². The molecule has 102 heavy (non-hydrogen) atoms. The Bertz CT molecular complexity index is 6720. The minimum Gasteiger partial charge on any atom is -0.455 e. The Labute approximate surface area is 590 Å². The summed E-state index contributed by atoms with van der Waals surface area (Å²) in [6.07, 6.45) is 0. The minimum atomic E-state index is 0.930. The summed E-state index contributed by atoms with van der Waals surface area (Å²) in [5.41, 5.74) is 23.8. The van der Waals surface area contributed by atoms with Crippen LogP contribution in [0.3, 0.4) is 0 Å². The van der Waals surface area contributed by atoms with Gasteiger partial charge in [0.05, 0.1) is 0 Å². The van der Waals surface area contributed by atoms with Crippen LogP contribution < -0.4 is 0 Å². The summed E-state index contributed by atoms with van der Waals surface area (Å²) >= 11 is 0. The Morgan fingerprint density at radius 3 is 0.873 bits per heavy atom. The third kappa shape index (κ3) is 10.4. The second kappa shape index (κ2) is 24.7. The molecule has 0 saturated heterocycles. The van der Waals surface area contributed by atoms with Crippen molar-refractivity contribution in [2.75, 3.05) is 0 Å². The Hall–Kier alpha value is -13.1. The van der Waals surface area contributed by atoms with Crippen molar-refractivity contribution in [3.8, 4) is 66.8 Å². The first kappa shape index (κ1) is 60.1. The van der Waals surface area contributed by atoms with Gasteiger partial charge in [0.15, 0.2) is 0 Å². The van der Waals surface area contributed by atoms with Crippen LogP contribution >= 0.6 is 0 Å². The molecule has 480 valence electrons. The normalized spacial score (nSPS) is 11.7. The molecule has 0 bridgehead atoms. The van der Waals surface area contributed by atoms with Crippen molar-refractivity contribution in [1.29, 1.82) is 0 Å². The molecule has 3 nitrogen and oxygen atoms in total. The molecule has 3 heteroatoms. The van der Waals surface area contributed by atoms with Gasteiger partial charge in [-0.3, -0.25) is 0 Å². The number of fused-ring (bicyclic) bond motifs is 18. The third-order valence-corrected chi connectivity index (χ3v) is 20.8. The average molecular weight is 1300 g/mol. The number of furan rings is 3. The lowest BCUT2D eigenvalue weighted by Crippen LogP contribution is -1.86. The van der Waals surface area contributed by atoms with Crippen LogP contribution in [-0.2, 0) is 0 Å². The third-order valence-electron chi connectivity index (χ3n) is 20.8. The summed E-state index contributed by atoms with van der Waals surface area (Å²) in [4.78, 5) is 0. The van der Waals surface area contributed by atoms with Crippen molar-refractivity contribution in [3.63, 3.8) is 0 Å². The van der Waals surface area contributed by atoms with Gasteiger partial charge in [-0.15, -0.1) is 0 Å². The maximum Gasteiger partial charge on any atom is 0.143 e. The van der Waals surface area contributed by atoms with Crippen molar-refractivity contribution in [3.05, 3.63) is 362 Å². The number of aryl methyl sites for hydroxylation is 3. The van der Waals surface area contributed by atoms with Crippen LogP contribution in [0.5, 0.6) is 0 Å². The van der Waals surface area contributed by atoms with Crippen LogP contribution in [0.25, 0.3) is 197 Å². The Morgan fingerprint density at radius 2 is 0.431 bits per heavy atom. The molecule has 0 unspecified atom stereocenters. The smallest absolute Gasteiger partial charge is 0.143 e. The first-order valence-corrected chi connectivity index (χ1v) is 35.1. The molecule has 0 radical (unpaired) electrons. The molecule has 3 aromatic heterocycles. The van der Waals surface area contributed by atoms with E-state index in [-0.39, 0.29) is 0 Å². The van der Waals surface area contributed by atoms with E-state index in [1.54, 1.807) is 0 Å². The lowest BCUT2D eigenvalue weighted by atomic mass is 9.91. The van der Waals surface area contributed by atoms with Crippen LogP contribution in [0.2, 0.25) is 0 Å². The molecule has 0 fully saturated rings. The molecule has 0 amide bonds. The number of rotatable bonds is 6. The summed E-state index contributed by atoms with van der Waals surface area (Å²) in [6.45, 7) is 6.48. The highest BCUT2D eigenvalue weighted by Crippen LogP contribution is 2.44. The van der Waals surface area contributed by atoms with Crippen molar-refractivity contribution in [2.45, 2.75) is 20.8 Å². The molecule has 0 aliphatic carbocycles. The molecule has 0 saturated carbocycles. The van der Waals surface area contributed by atoms with Gasteiger partial charge in [-0.1, -0.05) is 326 Å². The maximum absolute atomic E-state index is 6.27. The lowest BCUT2D eigenvalue weighted by Gasteiger charge is -2.12. The summed E-state index contributed by atoms with van der Waals surface area (Å²) < 4.78 is 18.8. The second-order valence-electron chi connectivity index (χ2n) is 27.2. The molecule has 18 aromatic carbocycles. The fourth-order valence-electron chi connectivity index (χ4n) is 15.8. The van der Waals surface area contributed by atoms with Crippen LogP contribution in [0, 0.1) is 20.8 Å². The SMILES string of the molecule is Cc1ccc2c(-c3ccc(-c4cccc5c4oc4ccccc45)cc3)cc3ccccc3c2c1.Cc1ccc2c(c1)c(-c1ccc(-c3cccc4c3oc3ccccc34)cc1)cc1ccccc12.Cc1ccc2c(c1)cc(-c1ccc(-c3cccc4c3oc3ccccc34)cc1)c1ccccc12. The summed E-state index contributed by atoms with van der Waals surface area (Å²) in [7, 11) is 0. The van der Waals surface area contributed by atoms with E-state index in [0.717, 1.165) is 99.2 Å². The fourth-order valence-corrected chi connectivity index (χ4v) is 15.8. The van der Waals surface area contributed by atoms with Gasteiger partial charge in [0, 0.05) is 49.0 Å². The van der Waals surface area contributed by atoms with Crippen LogP contribution in [0.4, 0.5) is 0 Å². The zero-order chi connectivity index (χ0) is 67.9. The molecule has 0 aliphatic heterocycles. The van der Waals surface area contributed by atoms with Gasteiger partial charge in [0.25, 0.3) is 0 Å². The van der Waals surface area contributed by atoms with Crippen molar-refractivity contribution < 1.29 is 13.3 Å². The Morgan fingerprint density at radius 1 is 0.157 bits per heavy atom. The standard InChI is InChI=1S/3C33H22O/c1-21-13-18-25-24(19-21)20-31(28-8-3-2-7-27(25)28)23-16-14-22(15-17-23)26-10-6-11-30-29-9-4-5-12-32(29)34-33(26)30;1-21-13-18-27-30(20-24-7-2-3-8-25(24)31(27)19-21)23-16-14-22(15-17-23)26-10-6-11-29-28-9-4-5-12-32(28)34-33(26)29;1-21-13-18-27-25-8-3-2-7-24(25)20-30(31(27)19-21)23-16-14-22(15-17-23)26-10-6-11-29-28-9-4-5-12-32(28)34-33(26)29/h3*2-20H,1H3. The van der Waals surface area contributed by atoms with E-state index in [1.807, 2.05) is 36.4 Å². The molecule has 0 N–H and O–H groups in total. The van der Waals surface area contributed by atoms with Gasteiger partial charge in [-0.25, -0.2) is 0 Å². The lowest BCUT2D eigenvalue weighted by molar-refractivity contribution is 0.669. The van der Waals surface area contributed by atoms with Crippen molar-refractivity contribution in [2.24, 2.45) is 0 Å². The molecule has 3 heterocycles. The highest BCUT2D eigenvalue weighted by molar-refractivity contribution is 6.18. The first-order chi connectivity index (χ1) is 50.3. The van der Waals surface area contributed by atoms with Gasteiger partial charge in [0.1, 0.15) is 33.5 Å². The Kier molecular flexibility index (Phi) is 14.6. The summed E-state index contributed by atoms with van der Waals surface area (Å²) in [5.74, 6) is 0. The molecular formula is C99H66O3. The zero-order valence-corrected chi connectivity index (χ0v) is 56.6. The molecule has 0 atom stereocenters. The minimum absolute atomic E-state index is 0.930.